The minimum Gasteiger partial charge on any atom is -0.462 e. The summed E-state index contributed by atoms with van der Waals surface area (Å²) in [5, 5.41) is 0.395. The topological polar surface area (TPSA) is 98.6 Å². The predicted octanol–water partition coefficient (Wildman–Crippen LogP) is 2.63. The van der Waals surface area contributed by atoms with Crippen LogP contribution in [0, 0.1) is 6.92 Å². The molecule has 154 valence electrons. The normalized spacial score (nSPS) is 13.2. The SMILES string of the molecule is CCOC(=O)c1sc2ncn(CCCN3C(=O)c4ccccc4C3=O)c(=O)c2c1C. The van der Waals surface area contributed by atoms with E-state index in [1.165, 1.54) is 15.8 Å². The summed E-state index contributed by atoms with van der Waals surface area (Å²) in [5.41, 5.74) is 1.11. The number of carbonyl (C=O) groups excluding carboxylic acids is 3. The number of amides is 2. The lowest BCUT2D eigenvalue weighted by Gasteiger charge is -2.14. The maximum atomic E-state index is 12.9. The number of aromatic nitrogens is 2. The Balaban J connectivity index is 1.51. The molecule has 1 aliphatic heterocycles. The van der Waals surface area contributed by atoms with Crippen LogP contribution in [0.1, 0.15) is 49.3 Å². The molecular formula is C21H19N3O5S. The van der Waals surface area contributed by atoms with Gasteiger partial charge in [-0.1, -0.05) is 12.1 Å². The number of aryl methyl sites for hydroxylation is 2. The van der Waals surface area contributed by atoms with Gasteiger partial charge in [-0.3, -0.25) is 23.9 Å². The molecule has 0 unspecified atom stereocenters. The molecule has 3 aromatic rings. The summed E-state index contributed by atoms with van der Waals surface area (Å²) in [5.74, 6) is -1.09. The van der Waals surface area contributed by atoms with Gasteiger partial charge in [-0.05, 0) is 38.0 Å². The van der Waals surface area contributed by atoms with Gasteiger partial charge < -0.3 is 4.74 Å². The molecule has 0 spiro atoms. The van der Waals surface area contributed by atoms with Gasteiger partial charge >= 0.3 is 5.97 Å². The Morgan fingerprint density at radius 1 is 1.10 bits per heavy atom. The molecule has 2 aromatic heterocycles. The first kappa shape index (κ1) is 20.0. The van der Waals surface area contributed by atoms with E-state index in [1.54, 1.807) is 38.1 Å². The Morgan fingerprint density at radius 2 is 1.77 bits per heavy atom. The molecule has 1 aliphatic rings. The number of fused-ring (bicyclic) bond motifs is 2. The second-order valence-corrected chi connectivity index (χ2v) is 7.86. The summed E-state index contributed by atoms with van der Waals surface area (Å²) in [4.78, 5) is 56.2. The third kappa shape index (κ3) is 3.21. The highest BCUT2D eigenvalue weighted by molar-refractivity contribution is 7.20. The fraction of sp³-hybridized carbons (Fsp3) is 0.286. The van der Waals surface area contributed by atoms with E-state index in [9.17, 15) is 19.2 Å². The maximum absolute atomic E-state index is 12.9. The van der Waals surface area contributed by atoms with E-state index in [0.29, 0.717) is 44.7 Å². The zero-order valence-electron chi connectivity index (χ0n) is 16.5. The molecule has 1 aromatic carbocycles. The van der Waals surface area contributed by atoms with Gasteiger partial charge in [0.15, 0.2) is 0 Å². The highest BCUT2D eigenvalue weighted by atomic mass is 32.1. The first-order valence-corrected chi connectivity index (χ1v) is 10.4. The quantitative estimate of drug-likeness (QED) is 0.445. The first-order valence-electron chi connectivity index (χ1n) is 9.55. The number of benzene rings is 1. The lowest BCUT2D eigenvalue weighted by Crippen LogP contribution is -2.32. The number of rotatable bonds is 6. The zero-order chi connectivity index (χ0) is 21.4. The van der Waals surface area contributed by atoms with E-state index in [2.05, 4.69) is 4.98 Å². The first-order chi connectivity index (χ1) is 14.4. The monoisotopic (exact) mass is 425 g/mol. The van der Waals surface area contributed by atoms with E-state index in [0.717, 1.165) is 11.3 Å². The summed E-state index contributed by atoms with van der Waals surface area (Å²) >= 11 is 1.14. The third-order valence-electron chi connectivity index (χ3n) is 5.04. The smallest absolute Gasteiger partial charge is 0.348 e. The van der Waals surface area contributed by atoms with Crippen LogP contribution in [0.2, 0.25) is 0 Å². The second-order valence-electron chi connectivity index (χ2n) is 6.86. The Hall–Kier alpha value is -3.33. The van der Waals surface area contributed by atoms with Gasteiger partial charge in [0.2, 0.25) is 0 Å². The van der Waals surface area contributed by atoms with E-state index in [4.69, 9.17) is 4.74 Å². The van der Waals surface area contributed by atoms with Crippen LogP contribution in [0.15, 0.2) is 35.4 Å². The van der Waals surface area contributed by atoms with Crippen LogP contribution in [-0.2, 0) is 11.3 Å². The Bertz CT molecular complexity index is 1210. The number of imide groups is 1. The van der Waals surface area contributed by atoms with E-state index < -0.39 is 5.97 Å². The number of nitrogens with zero attached hydrogens (tertiary/aromatic N) is 3. The molecule has 0 aliphatic carbocycles. The van der Waals surface area contributed by atoms with Crippen LogP contribution < -0.4 is 5.56 Å². The van der Waals surface area contributed by atoms with E-state index >= 15 is 0 Å². The number of thiophene rings is 1. The van der Waals surface area contributed by atoms with Crippen molar-refractivity contribution < 1.29 is 19.1 Å². The van der Waals surface area contributed by atoms with E-state index in [-0.39, 0.29) is 30.5 Å². The summed E-state index contributed by atoms with van der Waals surface area (Å²) in [7, 11) is 0. The molecule has 0 saturated carbocycles. The van der Waals surface area contributed by atoms with Crippen molar-refractivity contribution in [2.45, 2.75) is 26.8 Å². The van der Waals surface area contributed by atoms with Crippen LogP contribution in [0.5, 0.6) is 0 Å². The molecule has 0 N–H and O–H groups in total. The number of carbonyl (C=O) groups is 3. The molecular weight excluding hydrogens is 406 g/mol. The van der Waals surface area contributed by atoms with Crippen molar-refractivity contribution in [3.8, 4) is 0 Å². The van der Waals surface area contributed by atoms with Crippen LogP contribution >= 0.6 is 11.3 Å². The maximum Gasteiger partial charge on any atom is 0.348 e. The molecule has 0 atom stereocenters. The Morgan fingerprint density at radius 3 is 2.40 bits per heavy atom. The van der Waals surface area contributed by atoms with Gasteiger partial charge in [0.1, 0.15) is 9.71 Å². The van der Waals surface area contributed by atoms with Crippen LogP contribution in [-0.4, -0.2) is 45.4 Å². The van der Waals surface area contributed by atoms with Crippen molar-refractivity contribution in [3.05, 3.63) is 62.5 Å². The number of esters is 1. The zero-order valence-corrected chi connectivity index (χ0v) is 17.3. The number of hydrogen-bond donors (Lipinski definition) is 0. The highest BCUT2D eigenvalue weighted by Crippen LogP contribution is 2.27. The highest BCUT2D eigenvalue weighted by Gasteiger charge is 2.34. The molecule has 0 saturated heterocycles. The average Bonchev–Trinajstić information content (AvgIpc) is 3.20. The minimum absolute atomic E-state index is 0.202. The minimum atomic E-state index is -0.463. The molecule has 3 heterocycles. The lowest BCUT2D eigenvalue weighted by atomic mass is 10.1. The summed E-state index contributed by atoms with van der Waals surface area (Å²) in [6.45, 7) is 4.17. The third-order valence-corrected chi connectivity index (χ3v) is 6.22. The van der Waals surface area contributed by atoms with Gasteiger partial charge in [0.05, 0.1) is 29.4 Å². The second kappa shape index (κ2) is 7.83. The summed E-state index contributed by atoms with van der Waals surface area (Å²) < 4.78 is 6.48. The van der Waals surface area contributed by atoms with Crippen molar-refractivity contribution in [1.29, 1.82) is 0 Å². The van der Waals surface area contributed by atoms with Crippen molar-refractivity contribution in [1.82, 2.24) is 14.5 Å². The van der Waals surface area contributed by atoms with Crippen molar-refractivity contribution >= 4 is 39.3 Å². The molecule has 9 heteroatoms. The average molecular weight is 425 g/mol. The molecule has 0 bridgehead atoms. The number of ether oxygens (including phenoxy) is 1. The molecule has 30 heavy (non-hydrogen) atoms. The van der Waals surface area contributed by atoms with Crippen LogP contribution in [0.25, 0.3) is 10.2 Å². The molecule has 4 rings (SSSR count). The van der Waals surface area contributed by atoms with E-state index in [1.807, 2.05) is 0 Å². The van der Waals surface area contributed by atoms with Crippen molar-refractivity contribution in [3.63, 3.8) is 0 Å². The lowest BCUT2D eigenvalue weighted by molar-refractivity contribution is 0.0530. The Labute approximate surface area is 175 Å². The van der Waals surface area contributed by atoms with Crippen molar-refractivity contribution in [2.24, 2.45) is 0 Å². The van der Waals surface area contributed by atoms with Crippen molar-refractivity contribution in [2.75, 3.05) is 13.2 Å². The van der Waals surface area contributed by atoms with Gasteiger partial charge in [-0.25, -0.2) is 9.78 Å². The van der Waals surface area contributed by atoms with Gasteiger partial charge in [0, 0.05) is 13.1 Å². The standard InChI is InChI=1S/C21H19N3O5S/c1-3-29-21(28)16-12(2)15-17(30-16)22-11-23(20(15)27)9-6-10-24-18(25)13-7-4-5-8-14(13)19(24)26/h4-5,7-8,11H,3,6,9-10H2,1-2H3. The predicted molar refractivity (Wildman–Crippen MR) is 111 cm³/mol. The summed E-state index contributed by atoms with van der Waals surface area (Å²) in [6.07, 6.45) is 1.84. The number of hydrogen-bond acceptors (Lipinski definition) is 7. The fourth-order valence-corrected chi connectivity index (χ4v) is 4.58. The molecule has 8 nitrogen and oxygen atoms in total. The van der Waals surface area contributed by atoms with Crippen LogP contribution in [0.4, 0.5) is 0 Å². The largest absolute Gasteiger partial charge is 0.462 e. The molecule has 0 fully saturated rings. The molecule has 0 radical (unpaired) electrons. The fourth-order valence-electron chi connectivity index (χ4n) is 3.55. The summed E-state index contributed by atoms with van der Waals surface area (Å²) in [6, 6.07) is 6.72. The van der Waals surface area contributed by atoms with Gasteiger partial charge in [-0.15, -0.1) is 11.3 Å². The Kier molecular flexibility index (Phi) is 5.21. The molecule has 2 amide bonds. The van der Waals surface area contributed by atoms with Crippen LogP contribution in [0.3, 0.4) is 0 Å². The van der Waals surface area contributed by atoms with Gasteiger partial charge in [0.25, 0.3) is 17.4 Å². The van der Waals surface area contributed by atoms with Gasteiger partial charge in [-0.2, -0.15) is 0 Å².